The molecule has 0 saturated heterocycles. The summed E-state index contributed by atoms with van der Waals surface area (Å²) in [7, 11) is 0. The van der Waals surface area contributed by atoms with Crippen molar-refractivity contribution in [2.75, 3.05) is 0 Å². The largest absolute Gasteiger partial charge is 0.289 e. The van der Waals surface area contributed by atoms with E-state index in [2.05, 4.69) is 15.0 Å². The standard InChI is InChI=1S/C20H13N3O/c24-20(16-7-4-10-21-12-16)15-8-9-17-18(11-15)22-13-23-19(17)14-5-2-1-3-6-14/h1-13H. The van der Waals surface area contributed by atoms with Crippen molar-refractivity contribution in [3.63, 3.8) is 0 Å². The number of benzene rings is 2. The second-order valence-electron chi connectivity index (χ2n) is 5.39. The smallest absolute Gasteiger partial charge is 0.194 e. The maximum Gasteiger partial charge on any atom is 0.194 e. The highest BCUT2D eigenvalue weighted by molar-refractivity contribution is 6.10. The molecular formula is C20H13N3O. The van der Waals surface area contributed by atoms with Gasteiger partial charge in [0.1, 0.15) is 6.33 Å². The third-order valence-corrected chi connectivity index (χ3v) is 3.87. The lowest BCUT2D eigenvalue weighted by atomic mass is 10.0. The number of carbonyl (C=O) groups is 1. The molecule has 0 amide bonds. The van der Waals surface area contributed by atoms with Crippen molar-refractivity contribution < 1.29 is 4.79 Å². The van der Waals surface area contributed by atoms with Gasteiger partial charge in [-0.15, -0.1) is 0 Å². The van der Waals surface area contributed by atoms with Crippen LogP contribution in [0.25, 0.3) is 22.2 Å². The first kappa shape index (κ1) is 14.2. The van der Waals surface area contributed by atoms with Gasteiger partial charge in [-0.25, -0.2) is 9.97 Å². The number of aromatic nitrogens is 3. The molecule has 2 aromatic heterocycles. The highest BCUT2D eigenvalue weighted by Crippen LogP contribution is 2.26. The average molecular weight is 311 g/mol. The summed E-state index contributed by atoms with van der Waals surface area (Å²) in [5.74, 6) is -0.0649. The predicted octanol–water partition coefficient (Wildman–Crippen LogP) is 3.92. The molecule has 0 atom stereocenters. The first-order valence-electron chi connectivity index (χ1n) is 7.58. The van der Waals surface area contributed by atoms with Crippen molar-refractivity contribution in [1.82, 2.24) is 15.0 Å². The van der Waals surface area contributed by atoms with E-state index in [0.717, 1.165) is 22.2 Å². The number of nitrogens with zero attached hydrogens (tertiary/aromatic N) is 3. The van der Waals surface area contributed by atoms with Gasteiger partial charge in [0.15, 0.2) is 5.78 Å². The van der Waals surface area contributed by atoms with Crippen LogP contribution in [0.3, 0.4) is 0 Å². The Hall–Kier alpha value is -3.40. The maximum atomic E-state index is 12.6. The first-order chi connectivity index (χ1) is 11.8. The highest BCUT2D eigenvalue weighted by atomic mass is 16.1. The molecule has 0 radical (unpaired) electrons. The summed E-state index contributed by atoms with van der Waals surface area (Å²) < 4.78 is 0. The van der Waals surface area contributed by atoms with E-state index < -0.39 is 0 Å². The van der Waals surface area contributed by atoms with Gasteiger partial charge in [-0.2, -0.15) is 0 Å². The summed E-state index contributed by atoms with van der Waals surface area (Å²) in [5, 5.41) is 0.923. The van der Waals surface area contributed by atoms with Crippen LogP contribution in [-0.2, 0) is 0 Å². The van der Waals surface area contributed by atoms with Gasteiger partial charge in [0.25, 0.3) is 0 Å². The normalized spacial score (nSPS) is 10.7. The van der Waals surface area contributed by atoms with Gasteiger partial charge in [0.2, 0.25) is 0 Å². The van der Waals surface area contributed by atoms with Gasteiger partial charge < -0.3 is 0 Å². The van der Waals surface area contributed by atoms with Crippen LogP contribution in [0.4, 0.5) is 0 Å². The summed E-state index contributed by atoms with van der Waals surface area (Å²) in [6, 6.07) is 19.0. The maximum absolute atomic E-state index is 12.6. The average Bonchev–Trinajstić information content (AvgIpc) is 2.68. The van der Waals surface area contributed by atoms with Crippen molar-refractivity contribution >= 4 is 16.7 Å². The Kier molecular flexibility index (Phi) is 3.56. The van der Waals surface area contributed by atoms with Crippen molar-refractivity contribution in [3.8, 4) is 11.3 Å². The zero-order valence-electron chi connectivity index (χ0n) is 12.8. The molecule has 0 saturated carbocycles. The number of pyridine rings is 1. The Morgan fingerprint density at radius 1 is 0.833 bits per heavy atom. The van der Waals surface area contributed by atoms with Gasteiger partial charge >= 0.3 is 0 Å². The molecule has 4 aromatic rings. The molecular weight excluding hydrogens is 298 g/mol. The molecule has 0 spiro atoms. The zero-order valence-corrected chi connectivity index (χ0v) is 12.8. The van der Waals surface area contributed by atoms with Gasteiger partial charge in [-0.05, 0) is 24.3 Å². The Morgan fingerprint density at radius 2 is 1.71 bits per heavy atom. The molecule has 0 bridgehead atoms. The van der Waals surface area contributed by atoms with E-state index in [1.165, 1.54) is 6.33 Å². The van der Waals surface area contributed by atoms with Crippen LogP contribution in [0.2, 0.25) is 0 Å². The lowest BCUT2D eigenvalue weighted by Gasteiger charge is -2.07. The van der Waals surface area contributed by atoms with E-state index in [0.29, 0.717) is 11.1 Å². The fourth-order valence-electron chi connectivity index (χ4n) is 2.69. The Morgan fingerprint density at radius 3 is 2.50 bits per heavy atom. The molecule has 0 aliphatic heterocycles. The molecule has 114 valence electrons. The van der Waals surface area contributed by atoms with Crippen LogP contribution in [0.5, 0.6) is 0 Å². The molecule has 0 N–H and O–H groups in total. The van der Waals surface area contributed by atoms with Crippen molar-refractivity contribution in [2.24, 2.45) is 0 Å². The zero-order chi connectivity index (χ0) is 16.4. The molecule has 0 fully saturated rings. The third-order valence-electron chi connectivity index (χ3n) is 3.87. The third kappa shape index (κ3) is 2.54. The minimum Gasteiger partial charge on any atom is -0.289 e. The van der Waals surface area contributed by atoms with Gasteiger partial charge in [-0.3, -0.25) is 9.78 Å². The first-order valence-corrected chi connectivity index (χ1v) is 7.58. The number of carbonyl (C=O) groups excluding carboxylic acids is 1. The molecule has 0 aliphatic rings. The van der Waals surface area contributed by atoms with E-state index in [-0.39, 0.29) is 5.78 Å². The molecule has 2 aromatic carbocycles. The second-order valence-corrected chi connectivity index (χ2v) is 5.39. The Balaban J connectivity index is 1.82. The van der Waals surface area contributed by atoms with E-state index in [1.807, 2.05) is 42.5 Å². The Bertz CT molecular complexity index is 1010. The van der Waals surface area contributed by atoms with Crippen LogP contribution in [-0.4, -0.2) is 20.7 Å². The number of ketones is 1. The van der Waals surface area contributed by atoms with E-state index in [1.54, 1.807) is 30.6 Å². The fraction of sp³-hybridized carbons (Fsp3) is 0. The summed E-state index contributed by atoms with van der Waals surface area (Å²) in [6.45, 7) is 0. The summed E-state index contributed by atoms with van der Waals surface area (Å²) in [6.07, 6.45) is 4.75. The van der Waals surface area contributed by atoms with Crippen LogP contribution in [0.1, 0.15) is 15.9 Å². The molecule has 4 rings (SSSR count). The minimum atomic E-state index is -0.0649. The van der Waals surface area contributed by atoms with Crippen LogP contribution < -0.4 is 0 Å². The van der Waals surface area contributed by atoms with Crippen LogP contribution >= 0.6 is 0 Å². The number of hydrogen-bond acceptors (Lipinski definition) is 4. The molecule has 0 aliphatic carbocycles. The number of fused-ring (bicyclic) bond motifs is 1. The van der Waals surface area contributed by atoms with Crippen LogP contribution in [0, 0.1) is 0 Å². The molecule has 0 unspecified atom stereocenters. The summed E-state index contributed by atoms with van der Waals surface area (Å²) in [4.78, 5) is 25.3. The molecule has 4 heteroatoms. The van der Waals surface area contributed by atoms with Gasteiger partial charge in [0, 0.05) is 34.5 Å². The fourth-order valence-corrected chi connectivity index (χ4v) is 2.69. The van der Waals surface area contributed by atoms with Crippen LogP contribution in [0.15, 0.2) is 79.4 Å². The molecule has 2 heterocycles. The summed E-state index contributed by atoms with van der Waals surface area (Å²) >= 11 is 0. The van der Waals surface area contributed by atoms with Crippen molar-refractivity contribution in [1.29, 1.82) is 0 Å². The SMILES string of the molecule is O=C(c1cccnc1)c1ccc2c(-c3ccccc3)ncnc2c1. The predicted molar refractivity (Wildman–Crippen MR) is 92.6 cm³/mol. The molecule has 24 heavy (non-hydrogen) atoms. The Labute approximate surface area is 138 Å². The minimum absolute atomic E-state index is 0.0649. The number of hydrogen-bond donors (Lipinski definition) is 0. The summed E-state index contributed by atoms with van der Waals surface area (Å²) in [5.41, 5.74) is 3.79. The lowest BCUT2D eigenvalue weighted by Crippen LogP contribution is -2.02. The molecule has 4 nitrogen and oxygen atoms in total. The van der Waals surface area contributed by atoms with E-state index in [4.69, 9.17) is 0 Å². The van der Waals surface area contributed by atoms with Crippen molar-refractivity contribution in [2.45, 2.75) is 0 Å². The second kappa shape index (κ2) is 6.01. The topological polar surface area (TPSA) is 55.7 Å². The van der Waals surface area contributed by atoms with Gasteiger partial charge in [0.05, 0.1) is 11.2 Å². The highest BCUT2D eigenvalue weighted by Gasteiger charge is 2.12. The van der Waals surface area contributed by atoms with Gasteiger partial charge in [-0.1, -0.05) is 36.4 Å². The van der Waals surface area contributed by atoms with Crippen molar-refractivity contribution in [3.05, 3.63) is 90.5 Å². The lowest BCUT2D eigenvalue weighted by molar-refractivity contribution is 0.103. The van der Waals surface area contributed by atoms with E-state index in [9.17, 15) is 4.79 Å². The van der Waals surface area contributed by atoms with E-state index >= 15 is 0 Å². The quantitative estimate of drug-likeness (QED) is 0.538. The monoisotopic (exact) mass is 311 g/mol. The number of rotatable bonds is 3.